The molecule has 8 nitrogen and oxygen atoms in total. The van der Waals surface area contributed by atoms with Gasteiger partial charge in [0.15, 0.2) is 6.10 Å². The van der Waals surface area contributed by atoms with Gasteiger partial charge in [0.2, 0.25) is 5.91 Å². The minimum absolute atomic E-state index is 0.0733. The van der Waals surface area contributed by atoms with Crippen LogP contribution in [0, 0.1) is 5.92 Å². The van der Waals surface area contributed by atoms with E-state index >= 15 is 0 Å². The van der Waals surface area contributed by atoms with Gasteiger partial charge in [-0.2, -0.15) is 0 Å². The van der Waals surface area contributed by atoms with Crippen molar-refractivity contribution < 1.29 is 28.7 Å². The van der Waals surface area contributed by atoms with Crippen molar-refractivity contribution in [1.82, 2.24) is 5.32 Å². The largest absolute Gasteiger partial charge is 0.479 e. The predicted molar refractivity (Wildman–Crippen MR) is 107 cm³/mol. The summed E-state index contributed by atoms with van der Waals surface area (Å²) in [6, 6.07) is 9.41. The SMILES string of the molecule is CC(C)C(NC(=O)CCc1ccccc1)P(=O)(O)O[C@H](CCCCN)C(=O)O. The van der Waals surface area contributed by atoms with E-state index in [1.165, 1.54) is 0 Å². The number of benzene rings is 1. The zero-order valence-corrected chi connectivity index (χ0v) is 17.3. The molecule has 3 atom stereocenters. The molecule has 1 amide bonds. The Bertz CT molecular complexity index is 668. The minimum atomic E-state index is -4.41. The van der Waals surface area contributed by atoms with Crippen molar-refractivity contribution in [3.05, 3.63) is 35.9 Å². The van der Waals surface area contributed by atoms with Gasteiger partial charge >= 0.3 is 13.6 Å². The molecule has 0 aliphatic carbocycles. The van der Waals surface area contributed by atoms with Crippen LogP contribution in [-0.4, -0.2) is 40.3 Å². The fourth-order valence-corrected chi connectivity index (χ4v) is 4.46. The third kappa shape index (κ3) is 8.52. The van der Waals surface area contributed by atoms with Crippen LogP contribution in [0.2, 0.25) is 0 Å². The van der Waals surface area contributed by atoms with Gasteiger partial charge in [-0.05, 0) is 43.7 Å². The first kappa shape index (κ1) is 24.3. The van der Waals surface area contributed by atoms with Crippen LogP contribution in [0.25, 0.3) is 0 Å². The van der Waals surface area contributed by atoms with Gasteiger partial charge in [-0.1, -0.05) is 44.2 Å². The number of carbonyl (C=O) groups excluding carboxylic acids is 1. The summed E-state index contributed by atoms with van der Waals surface area (Å²) >= 11 is 0. The van der Waals surface area contributed by atoms with Gasteiger partial charge < -0.3 is 21.1 Å². The molecule has 0 bridgehead atoms. The van der Waals surface area contributed by atoms with Crippen molar-refractivity contribution in [1.29, 1.82) is 0 Å². The number of aryl methyl sites for hydroxylation is 1. The van der Waals surface area contributed by atoms with Crippen LogP contribution in [0.15, 0.2) is 30.3 Å². The Balaban J connectivity index is 2.73. The molecular weight excluding hydrogens is 383 g/mol. The highest BCUT2D eigenvalue weighted by Crippen LogP contribution is 2.50. The molecule has 28 heavy (non-hydrogen) atoms. The van der Waals surface area contributed by atoms with E-state index in [-0.39, 0.29) is 12.8 Å². The number of hydrogen-bond acceptors (Lipinski definition) is 5. The van der Waals surface area contributed by atoms with Crippen molar-refractivity contribution in [3.63, 3.8) is 0 Å². The van der Waals surface area contributed by atoms with Crippen LogP contribution < -0.4 is 11.1 Å². The number of amides is 1. The summed E-state index contributed by atoms with van der Waals surface area (Å²) < 4.78 is 17.8. The summed E-state index contributed by atoms with van der Waals surface area (Å²) in [6.07, 6.45) is 0.335. The fraction of sp³-hybridized carbons (Fsp3) is 0.579. The number of carbonyl (C=O) groups is 2. The maximum Gasteiger partial charge on any atom is 0.351 e. The predicted octanol–water partition coefficient (Wildman–Crippen LogP) is 2.50. The highest BCUT2D eigenvalue weighted by Gasteiger charge is 2.40. The number of carboxylic acid groups (broad SMARTS) is 1. The van der Waals surface area contributed by atoms with Crippen LogP contribution in [0.1, 0.15) is 45.1 Å². The highest BCUT2D eigenvalue weighted by atomic mass is 31.2. The standard InChI is InChI=1S/C19H31N2O6P/c1-14(2)18(21-17(22)12-11-15-8-4-3-5-9-15)28(25,26)27-16(19(23)24)10-6-7-13-20/h3-5,8-9,14,16,18H,6-7,10-13,20H2,1-2H3,(H,21,22)(H,23,24)(H,25,26)/t16-,18?/m1/s1. The summed E-state index contributed by atoms with van der Waals surface area (Å²) in [6.45, 7) is 3.73. The number of nitrogens with one attached hydrogen (secondary N) is 1. The van der Waals surface area contributed by atoms with Gasteiger partial charge in [-0.25, -0.2) is 4.79 Å². The van der Waals surface area contributed by atoms with E-state index in [0.717, 1.165) is 5.56 Å². The first-order valence-corrected chi connectivity index (χ1v) is 11.1. The molecule has 0 radical (unpaired) electrons. The molecule has 1 rings (SSSR count). The summed E-state index contributed by atoms with van der Waals surface area (Å²) in [7, 11) is -4.41. The zero-order valence-electron chi connectivity index (χ0n) is 16.4. The Morgan fingerprint density at radius 3 is 2.39 bits per heavy atom. The quantitative estimate of drug-likeness (QED) is 0.287. The van der Waals surface area contributed by atoms with Crippen molar-refractivity contribution in [3.8, 4) is 0 Å². The lowest BCUT2D eigenvalue weighted by atomic mass is 10.1. The van der Waals surface area contributed by atoms with Gasteiger partial charge in [-0.15, -0.1) is 0 Å². The number of nitrogens with two attached hydrogens (primary N) is 1. The molecule has 158 valence electrons. The molecule has 0 saturated heterocycles. The van der Waals surface area contributed by atoms with Gasteiger partial charge in [0, 0.05) is 6.42 Å². The monoisotopic (exact) mass is 414 g/mol. The lowest BCUT2D eigenvalue weighted by Crippen LogP contribution is -2.40. The van der Waals surface area contributed by atoms with E-state index in [1.54, 1.807) is 13.8 Å². The van der Waals surface area contributed by atoms with Gasteiger partial charge in [0.05, 0.1) is 0 Å². The van der Waals surface area contributed by atoms with E-state index in [9.17, 15) is 24.2 Å². The lowest BCUT2D eigenvalue weighted by molar-refractivity contribution is -0.145. The Labute approximate surface area is 166 Å². The second-order valence-corrected chi connectivity index (χ2v) is 8.92. The molecule has 0 aliphatic heterocycles. The molecule has 0 saturated carbocycles. The summed E-state index contributed by atoms with van der Waals surface area (Å²) in [5.41, 5.74) is 6.37. The smallest absolute Gasteiger partial charge is 0.351 e. The third-order valence-electron chi connectivity index (χ3n) is 4.25. The van der Waals surface area contributed by atoms with E-state index < -0.39 is 37.3 Å². The van der Waals surface area contributed by atoms with Crippen molar-refractivity contribution in [2.45, 2.75) is 57.8 Å². The van der Waals surface area contributed by atoms with Gasteiger partial charge in [-0.3, -0.25) is 13.9 Å². The zero-order chi connectivity index (χ0) is 21.2. The molecule has 0 fully saturated rings. The van der Waals surface area contributed by atoms with Crippen molar-refractivity contribution >= 4 is 19.5 Å². The van der Waals surface area contributed by atoms with Crippen molar-refractivity contribution in [2.75, 3.05) is 6.54 Å². The van der Waals surface area contributed by atoms with Crippen LogP contribution in [-0.2, 0) is 25.1 Å². The first-order chi connectivity index (χ1) is 13.2. The maximum absolute atomic E-state index is 12.7. The van der Waals surface area contributed by atoms with Crippen LogP contribution in [0.3, 0.4) is 0 Å². The Morgan fingerprint density at radius 2 is 1.86 bits per heavy atom. The number of rotatable bonds is 13. The molecule has 1 aromatic rings. The number of carboxylic acids is 1. The minimum Gasteiger partial charge on any atom is -0.479 e. The van der Waals surface area contributed by atoms with Gasteiger partial charge in [0.1, 0.15) is 5.78 Å². The average Bonchev–Trinajstić information content (AvgIpc) is 2.64. The second-order valence-electron chi connectivity index (χ2n) is 7.02. The molecule has 9 heteroatoms. The van der Waals surface area contributed by atoms with Crippen LogP contribution >= 0.6 is 7.60 Å². The normalized spacial score (nSPS) is 15.6. The third-order valence-corrected chi connectivity index (χ3v) is 6.23. The lowest BCUT2D eigenvalue weighted by Gasteiger charge is -2.28. The fourth-order valence-electron chi connectivity index (χ4n) is 2.71. The highest BCUT2D eigenvalue weighted by molar-refractivity contribution is 7.53. The molecular formula is C19H31N2O6P. The second kappa shape index (κ2) is 12.0. The molecule has 0 spiro atoms. The summed E-state index contributed by atoms with van der Waals surface area (Å²) in [4.78, 5) is 34.0. The molecule has 0 heterocycles. The molecule has 0 aliphatic rings. The Kier molecular flexibility index (Phi) is 10.4. The molecule has 2 unspecified atom stereocenters. The van der Waals surface area contributed by atoms with E-state index in [4.69, 9.17) is 10.3 Å². The van der Waals surface area contributed by atoms with Gasteiger partial charge in [0.25, 0.3) is 0 Å². The van der Waals surface area contributed by atoms with Crippen LogP contribution in [0.4, 0.5) is 0 Å². The summed E-state index contributed by atoms with van der Waals surface area (Å²) in [5.74, 6) is -3.32. The summed E-state index contributed by atoms with van der Waals surface area (Å²) in [5, 5.41) is 11.8. The first-order valence-electron chi connectivity index (χ1n) is 9.44. The number of aliphatic carboxylic acids is 1. The number of hydrogen-bond donors (Lipinski definition) is 4. The Morgan fingerprint density at radius 1 is 1.21 bits per heavy atom. The van der Waals surface area contributed by atoms with E-state index in [2.05, 4.69) is 5.32 Å². The maximum atomic E-state index is 12.7. The van der Waals surface area contributed by atoms with E-state index in [1.807, 2.05) is 30.3 Å². The van der Waals surface area contributed by atoms with Crippen LogP contribution in [0.5, 0.6) is 0 Å². The van der Waals surface area contributed by atoms with E-state index in [0.29, 0.717) is 25.8 Å². The van der Waals surface area contributed by atoms with Crippen molar-refractivity contribution in [2.24, 2.45) is 11.7 Å². The molecule has 0 aromatic heterocycles. The Hall–Kier alpha value is -1.73. The molecule has 5 N–H and O–H groups in total. The average molecular weight is 414 g/mol. The number of unbranched alkanes of at least 4 members (excludes halogenated alkanes) is 1. The topological polar surface area (TPSA) is 139 Å². The molecule has 1 aromatic carbocycles.